The SMILES string of the molecule is CC(C)NC(=O)NC(=O)C[NH+](Cc1cccs1)C[C@@H]1CCCO1. The van der Waals surface area contributed by atoms with Crippen molar-refractivity contribution in [2.45, 2.75) is 45.4 Å². The number of amides is 3. The molecule has 0 aliphatic carbocycles. The Labute approximate surface area is 141 Å². The van der Waals surface area contributed by atoms with Crippen LogP contribution < -0.4 is 15.5 Å². The van der Waals surface area contributed by atoms with E-state index in [0.29, 0.717) is 0 Å². The van der Waals surface area contributed by atoms with Gasteiger partial charge in [-0.25, -0.2) is 4.79 Å². The molecule has 1 unspecified atom stereocenters. The first kappa shape index (κ1) is 17.9. The van der Waals surface area contributed by atoms with Crippen LogP contribution in [-0.2, 0) is 16.1 Å². The number of hydrogen-bond donors (Lipinski definition) is 3. The van der Waals surface area contributed by atoms with Gasteiger partial charge in [-0.2, -0.15) is 0 Å². The first-order chi connectivity index (χ1) is 11.0. The summed E-state index contributed by atoms with van der Waals surface area (Å²) in [6.45, 7) is 6.35. The van der Waals surface area contributed by atoms with Crippen LogP contribution in [0.15, 0.2) is 17.5 Å². The molecule has 3 N–H and O–H groups in total. The number of ether oxygens (including phenoxy) is 1. The van der Waals surface area contributed by atoms with Gasteiger partial charge in [-0.15, -0.1) is 11.3 Å². The van der Waals surface area contributed by atoms with Gasteiger partial charge in [-0.1, -0.05) is 6.07 Å². The molecule has 1 aliphatic rings. The molecule has 23 heavy (non-hydrogen) atoms. The fourth-order valence-corrected chi connectivity index (χ4v) is 3.47. The number of nitrogens with one attached hydrogen (secondary N) is 3. The van der Waals surface area contributed by atoms with Gasteiger partial charge in [-0.05, 0) is 38.1 Å². The lowest BCUT2D eigenvalue weighted by atomic mass is 10.2. The zero-order chi connectivity index (χ0) is 16.7. The van der Waals surface area contributed by atoms with Crippen molar-refractivity contribution in [1.82, 2.24) is 10.6 Å². The summed E-state index contributed by atoms with van der Waals surface area (Å²) in [5.74, 6) is -0.257. The Balaban J connectivity index is 1.87. The lowest BCUT2D eigenvalue weighted by Crippen LogP contribution is -3.13. The van der Waals surface area contributed by atoms with E-state index in [0.717, 1.165) is 37.4 Å². The van der Waals surface area contributed by atoms with Gasteiger partial charge in [0.1, 0.15) is 19.2 Å². The molecule has 1 saturated heterocycles. The number of rotatable bonds is 7. The molecular weight excluding hydrogens is 314 g/mol. The Hall–Kier alpha value is -1.44. The molecule has 7 heteroatoms. The molecule has 128 valence electrons. The van der Waals surface area contributed by atoms with Gasteiger partial charge in [0, 0.05) is 12.6 Å². The summed E-state index contributed by atoms with van der Waals surface area (Å²) in [5, 5.41) is 7.10. The smallest absolute Gasteiger partial charge is 0.321 e. The normalized spacial score (nSPS) is 18.8. The molecule has 0 spiro atoms. The predicted octanol–water partition coefficient (Wildman–Crippen LogP) is 0.546. The molecule has 0 radical (unpaired) electrons. The molecule has 1 aromatic heterocycles. The zero-order valence-corrected chi connectivity index (χ0v) is 14.6. The van der Waals surface area contributed by atoms with Crippen molar-refractivity contribution in [3.63, 3.8) is 0 Å². The second-order valence-electron chi connectivity index (χ2n) is 6.20. The molecule has 2 atom stereocenters. The number of thiophene rings is 1. The highest BCUT2D eigenvalue weighted by Gasteiger charge is 2.24. The number of urea groups is 1. The second kappa shape index (κ2) is 9.00. The molecule has 0 bridgehead atoms. The molecule has 0 saturated carbocycles. The van der Waals surface area contributed by atoms with Crippen molar-refractivity contribution in [2.24, 2.45) is 0 Å². The van der Waals surface area contributed by atoms with E-state index >= 15 is 0 Å². The molecule has 1 fully saturated rings. The van der Waals surface area contributed by atoms with Crippen LogP contribution in [0.5, 0.6) is 0 Å². The van der Waals surface area contributed by atoms with E-state index in [9.17, 15) is 9.59 Å². The average molecular weight is 340 g/mol. The van der Waals surface area contributed by atoms with E-state index in [4.69, 9.17) is 4.74 Å². The van der Waals surface area contributed by atoms with Gasteiger partial charge >= 0.3 is 6.03 Å². The summed E-state index contributed by atoms with van der Waals surface area (Å²) in [6, 6.07) is 3.66. The summed E-state index contributed by atoms with van der Waals surface area (Å²) in [6.07, 6.45) is 2.34. The molecule has 1 aromatic rings. The average Bonchev–Trinajstić information content (AvgIpc) is 3.10. The van der Waals surface area contributed by atoms with Crippen LogP contribution in [0, 0.1) is 0 Å². The molecule has 6 nitrogen and oxygen atoms in total. The fourth-order valence-electron chi connectivity index (χ4n) is 2.69. The van der Waals surface area contributed by atoms with Gasteiger partial charge in [0.15, 0.2) is 6.54 Å². The van der Waals surface area contributed by atoms with Crippen molar-refractivity contribution >= 4 is 23.3 Å². The molecule has 1 aliphatic heterocycles. The number of quaternary nitrogens is 1. The van der Waals surface area contributed by atoms with E-state index in [1.54, 1.807) is 11.3 Å². The maximum Gasteiger partial charge on any atom is 0.321 e. The van der Waals surface area contributed by atoms with Gasteiger partial charge in [-0.3, -0.25) is 10.1 Å². The Morgan fingerprint density at radius 2 is 2.30 bits per heavy atom. The fraction of sp³-hybridized carbons (Fsp3) is 0.625. The number of imide groups is 1. The summed E-state index contributed by atoms with van der Waals surface area (Å²) in [7, 11) is 0. The third-order valence-electron chi connectivity index (χ3n) is 3.63. The quantitative estimate of drug-likeness (QED) is 0.679. The van der Waals surface area contributed by atoms with Crippen molar-refractivity contribution in [2.75, 3.05) is 19.7 Å². The lowest BCUT2D eigenvalue weighted by Gasteiger charge is -2.21. The summed E-state index contributed by atoms with van der Waals surface area (Å²) in [5.41, 5.74) is 0. The standard InChI is InChI=1S/C16H25N3O3S/c1-12(2)17-16(21)18-15(20)11-19(9-13-5-3-7-22-13)10-14-6-4-8-23-14/h4,6,8,12-13H,3,5,7,9-11H2,1-2H3,(H2,17,18,20,21)/p+1/t13-/m0/s1. The Kier molecular flexibility index (Phi) is 7.01. The summed E-state index contributed by atoms with van der Waals surface area (Å²) < 4.78 is 5.69. The van der Waals surface area contributed by atoms with Crippen LogP contribution in [0.25, 0.3) is 0 Å². The van der Waals surface area contributed by atoms with Gasteiger partial charge in [0.2, 0.25) is 0 Å². The molecular formula is C16H26N3O3S+. The van der Waals surface area contributed by atoms with E-state index < -0.39 is 6.03 Å². The van der Waals surface area contributed by atoms with Gasteiger partial charge in [0.05, 0.1) is 4.88 Å². The van der Waals surface area contributed by atoms with Gasteiger partial charge < -0.3 is 15.0 Å². The number of carbonyl (C=O) groups is 2. The topological polar surface area (TPSA) is 71.9 Å². The van der Waals surface area contributed by atoms with Crippen LogP contribution in [0.2, 0.25) is 0 Å². The highest BCUT2D eigenvalue weighted by Crippen LogP contribution is 2.10. The third kappa shape index (κ3) is 6.68. The first-order valence-corrected chi connectivity index (χ1v) is 8.99. The van der Waals surface area contributed by atoms with Crippen molar-refractivity contribution in [1.29, 1.82) is 0 Å². The minimum absolute atomic E-state index is 0.00394. The van der Waals surface area contributed by atoms with Crippen LogP contribution in [-0.4, -0.2) is 43.8 Å². The van der Waals surface area contributed by atoms with E-state index in [-0.39, 0.29) is 24.6 Å². The number of carbonyl (C=O) groups excluding carboxylic acids is 2. The molecule has 0 aromatic carbocycles. The monoisotopic (exact) mass is 340 g/mol. The Morgan fingerprint density at radius 3 is 2.91 bits per heavy atom. The maximum atomic E-state index is 12.1. The van der Waals surface area contributed by atoms with E-state index in [1.807, 2.05) is 25.3 Å². The maximum absolute atomic E-state index is 12.1. The largest absolute Gasteiger partial charge is 0.372 e. The van der Waals surface area contributed by atoms with Crippen LogP contribution >= 0.6 is 11.3 Å². The molecule has 3 amide bonds. The van der Waals surface area contributed by atoms with Crippen LogP contribution in [0.1, 0.15) is 31.6 Å². The van der Waals surface area contributed by atoms with E-state index in [2.05, 4.69) is 16.7 Å². The summed E-state index contributed by atoms with van der Waals surface area (Å²) >= 11 is 1.69. The number of hydrogen-bond acceptors (Lipinski definition) is 4. The molecule has 2 heterocycles. The third-order valence-corrected chi connectivity index (χ3v) is 4.50. The van der Waals surface area contributed by atoms with Crippen molar-refractivity contribution in [3.8, 4) is 0 Å². The minimum Gasteiger partial charge on any atom is -0.372 e. The summed E-state index contributed by atoms with van der Waals surface area (Å²) in [4.78, 5) is 26.1. The predicted molar refractivity (Wildman–Crippen MR) is 89.5 cm³/mol. The highest BCUT2D eigenvalue weighted by atomic mass is 32.1. The van der Waals surface area contributed by atoms with Crippen LogP contribution in [0.3, 0.4) is 0 Å². The lowest BCUT2D eigenvalue weighted by molar-refractivity contribution is -0.908. The zero-order valence-electron chi connectivity index (χ0n) is 13.8. The highest BCUT2D eigenvalue weighted by molar-refractivity contribution is 7.09. The van der Waals surface area contributed by atoms with Crippen LogP contribution in [0.4, 0.5) is 4.79 Å². The minimum atomic E-state index is -0.433. The Morgan fingerprint density at radius 1 is 1.48 bits per heavy atom. The molecule has 2 rings (SSSR count). The first-order valence-electron chi connectivity index (χ1n) is 8.11. The van der Waals surface area contributed by atoms with Crippen molar-refractivity contribution in [3.05, 3.63) is 22.4 Å². The second-order valence-corrected chi connectivity index (χ2v) is 7.23. The van der Waals surface area contributed by atoms with E-state index in [1.165, 1.54) is 4.88 Å². The van der Waals surface area contributed by atoms with Crippen molar-refractivity contribution < 1.29 is 19.2 Å². The van der Waals surface area contributed by atoms with Gasteiger partial charge in [0.25, 0.3) is 5.91 Å². The Bertz CT molecular complexity index is 499.